The molecule has 1 atom stereocenters. The first-order chi connectivity index (χ1) is 7.08. The molecule has 0 saturated carbocycles. The Labute approximate surface area is 89.6 Å². The zero-order valence-corrected chi connectivity index (χ0v) is 9.28. The molecule has 15 heavy (non-hydrogen) atoms. The van der Waals surface area contributed by atoms with Crippen LogP contribution < -0.4 is 15.2 Å². The number of nitrogens with two attached hydrogens (primary N) is 1. The Kier molecular flexibility index (Phi) is 3.80. The molecule has 1 rings (SSSR count). The second-order valence-corrected chi connectivity index (χ2v) is 3.53. The van der Waals surface area contributed by atoms with Crippen molar-refractivity contribution in [2.24, 2.45) is 5.73 Å². The summed E-state index contributed by atoms with van der Waals surface area (Å²) in [7, 11) is 3.01. The molecule has 84 valence electrons. The maximum atomic E-state index is 9.67. The van der Waals surface area contributed by atoms with Crippen molar-refractivity contribution in [3.05, 3.63) is 17.7 Å². The second-order valence-electron chi connectivity index (χ2n) is 3.53. The van der Waals surface area contributed by atoms with Gasteiger partial charge in [-0.05, 0) is 31.0 Å². The Morgan fingerprint density at radius 3 is 2.07 bits per heavy atom. The van der Waals surface area contributed by atoms with Crippen LogP contribution in [-0.2, 0) is 6.42 Å². The third-order valence-corrected chi connectivity index (χ3v) is 2.10. The predicted octanol–water partition coefficient (Wildman–Crippen LogP) is 1.30. The summed E-state index contributed by atoms with van der Waals surface area (Å²) in [4.78, 5) is 0. The summed E-state index contributed by atoms with van der Waals surface area (Å²) in [6, 6.07) is 3.59. The molecule has 1 unspecified atom stereocenters. The number of rotatable bonds is 4. The van der Waals surface area contributed by atoms with Gasteiger partial charge in [-0.2, -0.15) is 0 Å². The maximum absolute atomic E-state index is 9.67. The molecular weight excluding hydrogens is 194 g/mol. The highest BCUT2D eigenvalue weighted by Gasteiger charge is 2.11. The van der Waals surface area contributed by atoms with E-state index in [1.165, 1.54) is 14.2 Å². The van der Waals surface area contributed by atoms with E-state index in [1.807, 2.05) is 6.92 Å². The zero-order valence-electron chi connectivity index (χ0n) is 9.28. The van der Waals surface area contributed by atoms with Gasteiger partial charge >= 0.3 is 0 Å². The average molecular weight is 211 g/mol. The molecule has 1 aromatic rings. The SMILES string of the molecule is COc1cc(CC(C)N)cc(OC)c1O. The second kappa shape index (κ2) is 4.89. The Bertz CT molecular complexity index is 312. The third kappa shape index (κ3) is 2.76. The molecule has 0 fully saturated rings. The number of benzene rings is 1. The maximum Gasteiger partial charge on any atom is 0.200 e. The highest BCUT2D eigenvalue weighted by molar-refractivity contribution is 5.52. The van der Waals surface area contributed by atoms with E-state index in [0.29, 0.717) is 17.9 Å². The van der Waals surface area contributed by atoms with Gasteiger partial charge in [-0.3, -0.25) is 0 Å². The van der Waals surface area contributed by atoms with E-state index in [-0.39, 0.29) is 11.8 Å². The van der Waals surface area contributed by atoms with Crippen molar-refractivity contribution in [2.75, 3.05) is 14.2 Å². The lowest BCUT2D eigenvalue weighted by molar-refractivity contribution is 0.339. The van der Waals surface area contributed by atoms with Crippen molar-refractivity contribution in [2.45, 2.75) is 19.4 Å². The number of ether oxygens (including phenoxy) is 2. The van der Waals surface area contributed by atoms with Crippen LogP contribution >= 0.6 is 0 Å². The summed E-state index contributed by atoms with van der Waals surface area (Å²) < 4.78 is 10.1. The molecular formula is C11H17NO3. The number of methoxy groups -OCH3 is 2. The number of phenols is 1. The fraction of sp³-hybridized carbons (Fsp3) is 0.455. The van der Waals surface area contributed by atoms with Gasteiger partial charge in [-0.15, -0.1) is 0 Å². The van der Waals surface area contributed by atoms with Gasteiger partial charge in [0, 0.05) is 6.04 Å². The van der Waals surface area contributed by atoms with Crippen LogP contribution in [0.4, 0.5) is 0 Å². The van der Waals surface area contributed by atoms with Crippen molar-refractivity contribution < 1.29 is 14.6 Å². The van der Waals surface area contributed by atoms with E-state index < -0.39 is 0 Å². The molecule has 0 aromatic heterocycles. The Morgan fingerprint density at radius 2 is 1.73 bits per heavy atom. The average Bonchev–Trinajstić information content (AvgIpc) is 2.19. The Morgan fingerprint density at radius 1 is 1.27 bits per heavy atom. The molecule has 0 aliphatic rings. The molecule has 0 spiro atoms. The van der Waals surface area contributed by atoms with E-state index in [4.69, 9.17) is 15.2 Å². The number of aromatic hydroxyl groups is 1. The first kappa shape index (κ1) is 11.7. The van der Waals surface area contributed by atoms with E-state index in [1.54, 1.807) is 12.1 Å². The largest absolute Gasteiger partial charge is 0.502 e. The van der Waals surface area contributed by atoms with Crippen molar-refractivity contribution in [1.29, 1.82) is 0 Å². The molecule has 3 N–H and O–H groups in total. The summed E-state index contributed by atoms with van der Waals surface area (Å²) in [5.74, 6) is 0.837. The van der Waals surface area contributed by atoms with Gasteiger partial charge in [0.25, 0.3) is 0 Å². The van der Waals surface area contributed by atoms with Crippen molar-refractivity contribution in [3.63, 3.8) is 0 Å². The molecule has 0 aliphatic heterocycles. The van der Waals surface area contributed by atoms with Gasteiger partial charge < -0.3 is 20.3 Å². The minimum Gasteiger partial charge on any atom is -0.502 e. The summed E-state index contributed by atoms with van der Waals surface area (Å²) >= 11 is 0. The fourth-order valence-electron chi connectivity index (χ4n) is 1.44. The Hall–Kier alpha value is -1.42. The zero-order chi connectivity index (χ0) is 11.4. The van der Waals surface area contributed by atoms with Gasteiger partial charge in [-0.25, -0.2) is 0 Å². The van der Waals surface area contributed by atoms with Crippen molar-refractivity contribution in [1.82, 2.24) is 0 Å². The standard InChI is InChI=1S/C11H17NO3/c1-7(12)4-8-5-9(14-2)11(13)10(6-8)15-3/h5-7,13H,4,12H2,1-3H3. The van der Waals surface area contributed by atoms with E-state index in [2.05, 4.69) is 0 Å². The summed E-state index contributed by atoms with van der Waals surface area (Å²) in [6.07, 6.45) is 0.715. The summed E-state index contributed by atoms with van der Waals surface area (Å²) in [5.41, 5.74) is 6.68. The predicted molar refractivity (Wildman–Crippen MR) is 58.6 cm³/mol. The lowest BCUT2D eigenvalue weighted by Crippen LogP contribution is -2.17. The number of phenolic OH excluding ortho intramolecular Hbond substituents is 1. The monoisotopic (exact) mass is 211 g/mol. The lowest BCUT2D eigenvalue weighted by Gasteiger charge is -2.12. The van der Waals surface area contributed by atoms with Crippen LogP contribution in [-0.4, -0.2) is 25.4 Å². The van der Waals surface area contributed by atoms with E-state index in [0.717, 1.165) is 5.56 Å². The first-order valence-electron chi connectivity index (χ1n) is 4.78. The molecule has 1 aromatic carbocycles. The molecule has 0 radical (unpaired) electrons. The van der Waals surface area contributed by atoms with Crippen LogP contribution in [0.5, 0.6) is 17.2 Å². The van der Waals surface area contributed by atoms with Gasteiger partial charge in [-0.1, -0.05) is 0 Å². The number of hydrogen-bond donors (Lipinski definition) is 2. The highest BCUT2D eigenvalue weighted by atomic mass is 16.5. The molecule has 0 bridgehead atoms. The quantitative estimate of drug-likeness (QED) is 0.787. The Balaban J connectivity index is 3.09. The summed E-state index contributed by atoms with van der Waals surface area (Å²) in [5, 5.41) is 9.67. The van der Waals surface area contributed by atoms with E-state index >= 15 is 0 Å². The third-order valence-electron chi connectivity index (χ3n) is 2.10. The van der Waals surface area contributed by atoms with Crippen LogP contribution in [0.2, 0.25) is 0 Å². The van der Waals surface area contributed by atoms with Gasteiger partial charge in [0.15, 0.2) is 11.5 Å². The molecule has 0 aliphatic carbocycles. The van der Waals surface area contributed by atoms with Crippen molar-refractivity contribution >= 4 is 0 Å². The van der Waals surface area contributed by atoms with Crippen LogP contribution in [0.1, 0.15) is 12.5 Å². The van der Waals surface area contributed by atoms with Crippen molar-refractivity contribution in [3.8, 4) is 17.2 Å². The molecule has 4 nitrogen and oxygen atoms in total. The van der Waals surface area contributed by atoms with Crippen LogP contribution in [0.25, 0.3) is 0 Å². The first-order valence-corrected chi connectivity index (χ1v) is 4.78. The summed E-state index contributed by atoms with van der Waals surface area (Å²) in [6.45, 7) is 1.92. The minimum atomic E-state index is 0.0217. The highest BCUT2D eigenvalue weighted by Crippen LogP contribution is 2.37. The van der Waals surface area contributed by atoms with Gasteiger partial charge in [0.2, 0.25) is 5.75 Å². The van der Waals surface area contributed by atoms with Crippen LogP contribution in [0.15, 0.2) is 12.1 Å². The fourth-order valence-corrected chi connectivity index (χ4v) is 1.44. The van der Waals surface area contributed by atoms with Gasteiger partial charge in [0.1, 0.15) is 0 Å². The van der Waals surface area contributed by atoms with Crippen LogP contribution in [0.3, 0.4) is 0 Å². The molecule has 0 saturated heterocycles. The normalized spacial score (nSPS) is 12.3. The molecule has 0 amide bonds. The van der Waals surface area contributed by atoms with E-state index in [9.17, 15) is 5.11 Å². The van der Waals surface area contributed by atoms with Crippen LogP contribution in [0, 0.1) is 0 Å². The molecule has 4 heteroatoms. The van der Waals surface area contributed by atoms with Gasteiger partial charge in [0.05, 0.1) is 14.2 Å². The number of hydrogen-bond acceptors (Lipinski definition) is 4. The minimum absolute atomic E-state index is 0.0217. The molecule has 0 heterocycles. The topological polar surface area (TPSA) is 64.7 Å². The smallest absolute Gasteiger partial charge is 0.200 e. The lowest BCUT2D eigenvalue weighted by atomic mass is 10.1.